The van der Waals surface area contributed by atoms with Crippen molar-refractivity contribution < 1.29 is 9.90 Å². The van der Waals surface area contributed by atoms with E-state index in [0.29, 0.717) is 10.9 Å². The molecule has 5 nitrogen and oxygen atoms in total. The monoisotopic (exact) mass is 1490 g/mol. The molecule has 0 bridgehead atoms. The Morgan fingerprint density at radius 2 is 0.716 bits per heavy atom. The lowest BCUT2D eigenvalue weighted by Crippen LogP contribution is -2.61. The highest BCUT2D eigenvalue weighted by Gasteiger charge is 2.49. The lowest BCUT2D eigenvalue weighted by atomic mass is 9.33. The van der Waals surface area contributed by atoms with Crippen molar-refractivity contribution in [3.05, 3.63) is 381 Å². The van der Waals surface area contributed by atoms with Crippen LogP contribution in [0.4, 0.5) is 34.1 Å². The molecule has 0 atom stereocenters. The van der Waals surface area contributed by atoms with E-state index in [2.05, 4.69) is 400 Å². The summed E-state index contributed by atoms with van der Waals surface area (Å²) in [5.74, 6) is 0. The zero-order valence-corrected chi connectivity index (χ0v) is 65.2. The van der Waals surface area contributed by atoms with E-state index in [0.717, 1.165) is 211 Å². The van der Waals surface area contributed by atoms with Gasteiger partial charge in [0.15, 0.2) is 0 Å². The van der Waals surface area contributed by atoms with Gasteiger partial charge in [0.2, 0.25) is 0 Å². The molecule has 0 saturated carbocycles. The zero-order chi connectivity index (χ0) is 80.9. The van der Waals surface area contributed by atoms with Gasteiger partial charge in [-0.15, -0.1) is 0 Å². The van der Waals surface area contributed by atoms with Gasteiger partial charge in [-0.05, 0) is 185 Å². The number of fused-ring (bicyclic) bond motifs is 18. The van der Waals surface area contributed by atoms with Crippen molar-refractivity contribution in [2.24, 2.45) is 0 Å². The summed E-state index contributed by atoms with van der Waals surface area (Å²) in [5.41, 5.74) is 31.4. The molecule has 116 heavy (non-hydrogen) atoms. The number of rotatable bonds is 10. The minimum Gasteiger partial charge on any atom is -0.456 e. The number of benzene rings is 17. The lowest BCUT2D eigenvalue weighted by Gasteiger charge is -2.46. The third-order valence-corrected chi connectivity index (χ3v) is 24.8. The predicted molar refractivity (Wildman–Crippen MR) is 492 cm³/mol. The van der Waals surface area contributed by atoms with Crippen molar-refractivity contribution in [2.45, 2.75) is 52.4 Å². The molecule has 548 valence electrons. The summed E-state index contributed by atoms with van der Waals surface area (Å²) in [5, 5.41) is 7.38. The van der Waals surface area contributed by atoms with Gasteiger partial charge in [-0.1, -0.05) is 321 Å². The summed E-state index contributed by atoms with van der Waals surface area (Å²) in [6.45, 7) is 13.3. The van der Waals surface area contributed by atoms with Gasteiger partial charge < -0.3 is 23.2 Å². The fraction of sp³-hybridized carbons (Fsp3) is 0.0727. The number of aromatic nitrogens is 2. The molecule has 2 aliphatic heterocycles. The molecule has 6 heterocycles. The molecule has 0 aliphatic carbocycles. The molecule has 0 radical (unpaired) electrons. The maximum atomic E-state index is 10.9. The molecule has 0 fully saturated rings. The number of para-hydroxylation sites is 5. The van der Waals surface area contributed by atoms with Crippen LogP contribution in [-0.4, -0.2) is 15.7 Å². The van der Waals surface area contributed by atoms with Crippen LogP contribution in [0.15, 0.2) is 374 Å². The molecular weight excluding hydrogens is 1400 g/mol. The Morgan fingerprint density at radius 1 is 0.293 bits per heavy atom. The Labute approximate surface area is 680 Å². The van der Waals surface area contributed by atoms with Crippen LogP contribution < -0.4 is 26.2 Å². The summed E-state index contributed by atoms with van der Waals surface area (Å²) in [6, 6.07) is 126. The summed E-state index contributed by atoms with van der Waals surface area (Å²) in [7, 11) is 0. The normalized spacial score (nSPS) is 13.3. The third kappa shape index (κ3) is 10.2. The van der Waals surface area contributed by atoms with Gasteiger partial charge in [-0.3, -0.25) is 0 Å². The molecule has 0 saturated heterocycles. The molecule has 21 aromatic rings. The van der Waals surface area contributed by atoms with Crippen LogP contribution in [0, 0.1) is 0 Å². The van der Waals surface area contributed by atoms with E-state index in [9.17, 15) is 5.48 Å². The topological polar surface area (TPSA) is 29.0 Å². The first-order valence-corrected chi connectivity index (χ1v) is 40.3. The van der Waals surface area contributed by atoms with Gasteiger partial charge in [-0.25, -0.2) is 0 Å². The first kappa shape index (κ1) is 63.3. The van der Waals surface area contributed by atoms with Gasteiger partial charge in [0, 0.05) is 82.4 Å². The number of nitrogens with zero attached hydrogens (tertiary/aromatic N) is 4. The molecule has 0 unspecified atom stereocenters. The maximum Gasteiger partial charge on any atom is 0.252 e. The van der Waals surface area contributed by atoms with E-state index in [4.69, 9.17) is 4.42 Å². The van der Waals surface area contributed by atoms with Crippen LogP contribution in [-0.2, 0) is 10.8 Å². The fourth-order valence-corrected chi connectivity index (χ4v) is 19.5. The highest BCUT2D eigenvalue weighted by atomic mass is 16.3. The molecule has 4 aromatic heterocycles. The molecule has 0 amide bonds. The lowest BCUT2D eigenvalue weighted by molar-refractivity contribution is 0.590. The fourth-order valence-electron chi connectivity index (χ4n) is 19.5. The second-order valence-electron chi connectivity index (χ2n) is 33.5. The van der Waals surface area contributed by atoms with Crippen molar-refractivity contribution in [3.8, 4) is 83.6 Å². The van der Waals surface area contributed by atoms with E-state index in [-0.39, 0.29) is 29.6 Å². The number of hydrogen-bond acceptors (Lipinski definition) is 3. The van der Waals surface area contributed by atoms with Gasteiger partial charge in [0.25, 0.3) is 6.71 Å². The summed E-state index contributed by atoms with van der Waals surface area (Å²) >= 11 is 0. The first-order valence-electron chi connectivity index (χ1n) is 42.3. The van der Waals surface area contributed by atoms with Crippen LogP contribution >= 0.6 is 0 Å². The van der Waals surface area contributed by atoms with Crippen molar-refractivity contribution in [1.82, 2.24) is 8.97 Å². The van der Waals surface area contributed by atoms with Crippen LogP contribution in [0.25, 0.3) is 165 Å². The van der Waals surface area contributed by atoms with Gasteiger partial charge in [0.1, 0.15) is 11.2 Å². The first-order chi connectivity index (χ1) is 58.5. The Kier molecular flexibility index (Phi) is 14.0. The quantitative estimate of drug-likeness (QED) is 0.128. The van der Waals surface area contributed by atoms with Crippen molar-refractivity contribution in [2.75, 3.05) is 9.80 Å². The Bertz CT molecular complexity index is 7650. The Hall–Kier alpha value is -14.2. The molecule has 6 heteroatoms. The van der Waals surface area contributed by atoms with Gasteiger partial charge in [0.05, 0.1) is 55.8 Å². The molecular formula is C110H79BN4O. The minimum absolute atomic E-state index is 0.111. The number of furan rings is 1. The van der Waals surface area contributed by atoms with Gasteiger partial charge in [-0.2, -0.15) is 0 Å². The average Bonchev–Trinajstić information content (AvgIpc) is 1.46. The van der Waals surface area contributed by atoms with E-state index in [1.165, 1.54) is 5.56 Å². The van der Waals surface area contributed by atoms with E-state index in [1.807, 2.05) is 6.07 Å². The minimum atomic E-state index is -0.570. The average molecular weight is 1490 g/mol. The summed E-state index contributed by atoms with van der Waals surface area (Å²) < 4.78 is 53.1. The largest absolute Gasteiger partial charge is 0.456 e. The standard InChI is InChI=1S/C110H79BN4O/c1-109(2,3)77-63-86(70-36-15-9-16-37-70)104(87(64-77)71-38-17-10-18-39-71)115-97-67-79(112-92-50-24-19-44-81(92)82-45-20-25-51-93(82)112)57-59-91(97)111-90-58-56-76(80-49-31-55-99-100(80)85-48-23-28-54-98(85)116-99)62-96(90)114(107-101-83-46-21-26-52-94(83)113-95-53-27-22-47-84(95)102(106(101)113)108(115)103(107)111)105-88(74-42-29-40-72(60-74)68-32-11-7-12-33-68)65-78(110(4,5)6)66-89(105)75-43-30-41-73(61-75)69-34-13-8-14-35-69/h7-67H,1-6H3/i21D,26D,46D,52D. The highest BCUT2D eigenvalue weighted by molar-refractivity contribution is 7.01. The molecule has 17 aromatic carbocycles. The summed E-state index contributed by atoms with van der Waals surface area (Å²) in [6.07, 6.45) is 0. The second kappa shape index (κ2) is 25.7. The molecule has 2 aliphatic rings. The molecule has 23 rings (SSSR count). The van der Waals surface area contributed by atoms with Crippen molar-refractivity contribution in [3.63, 3.8) is 0 Å². The molecule has 0 N–H and O–H groups in total. The van der Waals surface area contributed by atoms with Gasteiger partial charge >= 0.3 is 0 Å². The van der Waals surface area contributed by atoms with Crippen LogP contribution in [0.5, 0.6) is 0 Å². The van der Waals surface area contributed by atoms with Crippen LogP contribution in [0.1, 0.15) is 58.2 Å². The third-order valence-electron chi connectivity index (χ3n) is 24.8. The van der Waals surface area contributed by atoms with Crippen molar-refractivity contribution >= 4 is 139 Å². The molecule has 0 spiro atoms. The van der Waals surface area contributed by atoms with Crippen LogP contribution in [0.2, 0.25) is 0 Å². The zero-order valence-electron chi connectivity index (χ0n) is 69.2. The Morgan fingerprint density at radius 3 is 1.28 bits per heavy atom. The highest BCUT2D eigenvalue weighted by Crippen LogP contribution is 2.60. The SMILES string of the molecule is [2H]c1c([2H])c([2H])c2c(c1[2H])c1c3c4c(c5c6ccccc6n2c51)N(c1c(-c2ccccc2)cc(C(C)(C)C)cc1-c1ccccc1)c1cc(-n2c5ccccc5c5ccccc52)ccc1B4c1ccc(-c2cccc4oc5ccccc5c24)cc1N3c1c(-c2cccc(-c3ccccc3)c2)cc(C(C)(C)C)cc1-c1cccc(-c2ccccc2)c1. The van der Waals surface area contributed by atoms with E-state index in [1.54, 1.807) is 0 Å². The predicted octanol–water partition coefficient (Wildman–Crippen LogP) is 28.2. The smallest absolute Gasteiger partial charge is 0.252 e. The van der Waals surface area contributed by atoms with E-state index < -0.39 is 12.1 Å². The van der Waals surface area contributed by atoms with E-state index >= 15 is 0 Å². The number of hydrogen-bond donors (Lipinski definition) is 0. The van der Waals surface area contributed by atoms with Crippen molar-refractivity contribution in [1.29, 1.82) is 0 Å². The second-order valence-corrected chi connectivity index (χ2v) is 33.5. The van der Waals surface area contributed by atoms with Crippen LogP contribution in [0.3, 0.4) is 0 Å². The Balaban J connectivity index is 0.982. The maximum absolute atomic E-state index is 10.9. The number of anilines is 6. The summed E-state index contributed by atoms with van der Waals surface area (Å²) in [4.78, 5) is 5.26.